The SMILES string of the molecule is CCOC(=O)C1CCCCN1C(=O)c1ccc(S(=O)(=O)N2CCC(C)CC2)cc1. The molecule has 2 fully saturated rings. The molecule has 8 heteroatoms. The van der Waals surface area contributed by atoms with Crippen LogP contribution in [0.4, 0.5) is 0 Å². The minimum absolute atomic E-state index is 0.198. The predicted molar refractivity (Wildman–Crippen MR) is 109 cm³/mol. The maximum absolute atomic E-state index is 13.0. The number of hydrogen-bond acceptors (Lipinski definition) is 5. The average molecular weight is 423 g/mol. The van der Waals surface area contributed by atoms with Gasteiger partial charge in [0.2, 0.25) is 10.0 Å². The fourth-order valence-electron chi connectivity index (χ4n) is 3.97. The first-order valence-corrected chi connectivity index (χ1v) is 11.9. The van der Waals surface area contributed by atoms with Gasteiger partial charge in [0.05, 0.1) is 11.5 Å². The summed E-state index contributed by atoms with van der Waals surface area (Å²) in [6, 6.07) is 5.49. The molecule has 29 heavy (non-hydrogen) atoms. The van der Waals surface area contributed by atoms with Crippen LogP contribution in [0.15, 0.2) is 29.2 Å². The largest absolute Gasteiger partial charge is 0.464 e. The summed E-state index contributed by atoms with van der Waals surface area (Å²) in [5, 5.41) is 0. The zero-order chi connectivity index (χ0) is 21.0. The van der Waals surface area contributed by atoms with Gasteiger partial charge in [0.15, 0.2) is 0 Å². The number of esters is 1. The van der Waals surface area contributed by atoms with Crippen LogP contribution >= 0.6 is 0 Å². The fraction of sp³-hybridized carbons (Fsp3) is 0.619. The Morgan fingerprint density at radius 3 is 2.31 bits per heavy atom. The van der Waals surface area contributed by atoms with Crippen molar-refractivity contribution in [3.05, 3.63) is 29.8 Å². The third kappa shape index (κ3) is 4.80. The Bertz CT molecular complexity index is 829. The van der Waals surface area contributed by atoms with E-state index in [1.54, 1.807) is 24.0 Å². The van der Waals surface area contributed by atoms with E-state index in [9.17, 15) is 18.0 Å². The van der Waals surface area contributed by atoms with E-state index in [1.807, 2.05) is 0 Å². The molecule has 0 aliphatic carbocycles. The highest BCUT2D eigenvalue weighted by molar-refractivity contribution is 7.89. The fourth-order valence-corrected chi connectivity index (χ4v) is 5.44. The Kier molecular flexibility index (Phi) is 6.95. The van der Waals surface area contributed by atoms with Crippen molar-refractivity contribution < 1.29 is 22.7 Å². The molecule has 2 aliphatic heterocycles. The number of piperidine rings is 2. The molecule has 1 unspecified atom stereocenters. The maximum Gasteiger partial charge on any atom is 0.328 e. The van der Waals surface area contributed by atoms with Gasteiger partial charge in [-0.1, -0.05) is 6.92 Å². The standard InChI is InChI=1S/C21H30N2O5S/c1-3-28-21(25)19-6-4-5-13-23(19)20(24)17-7-9-18(10-8-17)29(26,27)22-14-11-16(2)12-15-22/h7-10,16,19H,3-6,11-15H2,1-2H3. The second-order valence-corrected chi connectivity index (χ2v) is 9.81. The van der Waals surface area contributed by atoms with Crippen LogP contribution in [0.3, 0.4) is 0 Å². The Morgan fingerprint density at radius 1 is 1.03 bits per heavy atom. The van der Waals surface area contributed by atoms with E-state index in [1.165, 1.54) is 16.4 Å². The molecule has 0 saturated carbocycles. The Labute approximate surface area is 173 Å². The topological polar surface area (TPSA) is 84.0 Å². The normalized spacial score (nSPS) is 21.7. The number of sulfonamides is 1. The number of ether oxygens (including phenoxy) is 1. The van der Waals surface area contributed by atoms with Crippen molar-refractivity contribution in [2.45, 2.75) is 56.9 Å². The van der Waals surface area contributed by atoms with Gasteiger partial charge >= 0.3 is 5.97 Å². The molecule has 7 nitrogen and oxygen atoms in total. The van der Waals surface area contributed by atoms with Gasteiger partial charge in [0, 0.05) is 25.2 Å². The van der Waals surface area contributed by atoms with E-state index < -0.39 is 16.1 Å². The number of carbonyl (C=O) groups is 2. The van der Waals surface area contributed by atoms with Gasteiger partial charge in [0.1, 0.15) is 6.04 Å². The van der Waals surface area contributed by atoms with Crippen LogP contribution in [-0.4, -0.2) is 61.8 Å². The first-order valence-electron chi connectivity index (χ1n) is 10.4. The third-order valence-corrected chi connectivity index (χ3v) is 7.72. The van der Waals surface area contributed by atoms with Crippen LogP contribution in [0.5, 0.6) is 0 Å². The predicted octanol–water partition coefficient (Wildman–Crippen LogP) is 2.67. The molecule has 1 aromatic carbocycles. The van der Waals surface area contributed by atoms with Gasteiger partial charge in [-0.15, -0.1) is 0 Å². The quantitative estimate of drug-likeness (QED) is 0.681. The molecule has 0 radical (unpaired) electrons. The van der Waals surface area contributed by atoms with Crippen LogP contribution in [0.2, 0.25) is 0 Å². The van der Waals surface area contributed by atoms with Crippen LogP contribution in [0.1, 0.15) is 56.3 Å². The summed E-state index contributed by atoms with van der Waals surface area (Å²) >= 11 is 0. The highest BCUT2D eigenvalue weighted by atomic mass is 32.2. The van der Waals surface area contributed by atoms with E-state index in [2.05, 4.69) is 6.92 Å². The molecule has 2 saturated heterocycles. The van der Waals surface area contributed by atoms with Crippen molar-refractivity contribution in [2.75, 3.05) is 26.2 Å². The van der Waals surface area contributed by atoms with E-state index in [0.29, 0.717) is 37.5 Å². The molecular weight excluding hydrogens is 392 g/mol. The average Bonchev–Trinajstić information content (AvgIpc) is 2.74. The van der Waals surface area contributed by atoms with Crippen molar-refractivity contribution in [1.82, 2.24) is 9.21 Å². The summed E-state index contributed by atoms with van der Waals surface area (Å²) in [7, 11) is -3.55. The van der Waals surface area contributed by atoms with Gasteiger partial charge in [-0.2, -0.15) is 4.31 Å². The third-order valence-electron chi connectivity index (χ3n) is 5.80. The van der Waals surface area contributed by atoms with Crippen molar-refractivity contribution in [3.63, 3.8) is 0 Å². The number of likely N-dealkylation sites (tertiary alicyclic amines) is 1. The minimum Gasteiger partial charge on any atom is -0.464 e. The van der Waals surface area contributed by atoms with Crippen molar-refractivity contribution in [1.29, 1.82) is 0 Å². The first kappa shape index (κ1) is 21.8. The molecule has 1 aromatic rings. The van der Waals surface area contributed by atoms with Crippen molar-refractivity contribution in [2.24, 2.45) is 5.92 Å². The lowest BCUT2D eigenvalue weighted by molar-refractivity contribution is -0.149. The molecule has 2 heterocycles. The molecule has 0 bridgehead atoms. The van der Waals surface area contributed by atoms with Crippen molar-refractivity contribution >= 4 is 21.9 Å². The van der Waals surface area contributed by atoms with Gasteiger partial charge < -0.3 is 9.64 Å². The highest BCUT2D eigenvalue weighted by Crippen LogP contribution is 2.25. The number of amides is 1. The number of hydrogen-bond donors (Lipinski definition) is 0. The van der Waals surface area contributed by atoms with Gasteiger partial charge in [-0.05, 0) is 69.2 Å². The Balaban J connectivity index is 1.75. The summed E-state index contributed by atoms with van der Waals surface area (Å²) < 4.78 is 32.4. The van der Waals surface area contributed by atoms with Gasteiger partial charge in [0.25, 0.3) is 5.91 Å². The van der Waals surface area contributed by atoms with Crippen molar-refractivity contribution in [3.8, 4) is 0 Å². The van der Waals surface area contributed by atoms with Crippen LogP contribution in [0, 0.1) is 5.92 Å². The zero-order valence-electron chi connectivity index (χ0n) is 17.2. The smallest absolute Gasteiger partial charge is 0.328 e. The molecule has 0 aromatic heterocycles. The lowest BCUT2D eigenvalue weighted by Crippen LogP contribution is -2.48. The second-order valence-electron chi connectivity index (χ2n) is 7.87. The Morgan fingerprint density at radius 2 is 1.69 bits per heavy atom. The molecule has 2 aliphatic rings. The summed E-state index contributed by atoms with van der Waals surface area (Å²) in [6.07, 6.45) is 4.02. The summed E-state index contributed by atoms with van der Waals surface area (Å²) in [4.78, 5) is 27.0. The number of rotatable bonds is 5. The van der Waals surface area contributed by atoms with Gasteiger partial charge in [-0.3, -0.25) is 4.79 Å². The van der Waals surface area contributed by atoms with E-state index >= 15 is 0 Å². The van der Waals surface area contributed by atoms with Crippen LogP contribution in [0.25, 0.3) is 0 Å². The number of nitrogens with zero attached hydrogens (tertiary/aromatic N) is 2. The van der Waals surface area contributed by atoms with Crippen LogP contribution in [-0.2, 0) is 19.6 Å². The highest BCUT2D eigenvalue weighted by Gasteiger charge is 2.34. The van der Waals surface area contributed by atoms with E-state index in [4.69, 9.17) is 4.74 Å². The zero-order valence-corrected chi connectivity index (χ0v) is 18.0. The second kappa shape index (κ2) is 9.26. The monoisotopic (exact) mass is 422 g/mol. The summed E-state index contributed by atoms with van der Waals surface area (Å²) in [5.41, 5.74) is 0.382. The van der Waals surface area contributed by atoms with Gasteiger partial charge in [-0.25, -0.2) is 13.2 Å². The van der Waals surface area contributed by atoms with E-state index in [0.717, 1.165) is 25.7 Å². The molecule has 0 spiro atoms. The number of benzene rings is 1. The lowest BCUT2D eigenvalue weighted by Gasteiger charge is -2.34. The van der Waals surface area contributed by atoms with Crippen LogP contribution < -0.4 is 0 Å². The lowest BCUT2D eigenvalue weighted by atomic mass is 10.0. The molecule has 1 atom stereocenters. The molecule has 160 valence electrons. The molecular formula is C21H30N2O5S. The maximum atomic E-state index is 13.0. The molecule has 1 amide bonds. The Hall–Kier alpha value is -1.93. The summed E-state index contributed by atoms with van der Waals surface area (Å²) in [6.45, 7) is 5.70. The molecule has 3 rings (SSSR count). The minimum atomic E-state index is -3.55. The van der Waals surface area contributed by atoms with E-state index in [-0.39, 0.29) is 23.4 Å². The number of carbonyl (C=O) groups excluding carboxylic acids is 2. The molecule has 0 N–H and O–H groups in total. The first-order chi connectivity index (χ1) is 13.8. The summed E-state index contributed by atoms with van der Waals surface area (Å²) in [5.74, 6) is -0.101.